The van der Waals surface area contributed by atoms with E-state index in [-0.39, 0.29) is 5.75 Å². The summed E-state index contributed by atoms with van der Waals surface area (Å²) in [5, 5.41) is 13.9. The average Bonchev–Trinajstić information content (AvgIpc) is 2.34. The highest BCUT2D eigenvalue weighted by Gasteiger charge is 2.16. The smallest absolute Gasteiger partial charge is 0.161 e. The Morgan fingerprint density at radius 3 is 2.94 bits per heavy atom. The fourth-order valence-corrected chi connectivity index (χ4v) is 2.50. The molecule has 0 saturated carbocycles. The molecular weight excluding hydrogens is 238 g/mol. The second-order valence-electron chi connectivity index (χ2n) is 4.47. The molecule has 0 spiro atoms. The van der Waals surface area contributed by atoms with Gasteiger partial charge in [-0.05, 0) is 37.4 Å². The number of rotatable bonds is 3. The van der Waals surface area contributed by atoms with Gasteiger partial charge in [-0.2, -0.15) is 0 Å². The minimum Gasteiger partial charge on any atom is -0.504 e. The topological polar surface area (TPSA) is 41.5 Å². The van der Waals surface area contributed by atoms with Crippen molar-refractivity contribution in [3.05, 3.63) is 22.7 Å². The largest absolute Gasteiger partial charge is 0.504 e. The molecule has 1 aromatic carbocycles. The van der Waals surface area contributed by atoms with Crippen LogP contribution in [0.15, 0.2) is 12.1 Å². The third-order valence-electron chi connectivity index (χ3n) is 3.23. The number of aromatic hydroxyl groups is 1. The highest BCUT2D eigenvalue weighted by atomic mass is 35.5. The van der Waals surface area contributed by atoms with E-state index < -0.39 is 0 Å². The number of halogens is 1. The quantitative estimate of drug-likeness (QED) is 0.873. The fraction of sp³-hybridized carbons (Fsp3) is 0.538. The Morgan fingerprint density at radius 1 is 1.47 bits per heavy atom. The summed E-state index contributed by atoms with van der Waals surface area (Å²) in [7, 11) is 1.52. The number of benzene rings is 1. The molecule has 0 aliphatic carbocycles. The zero-order valence-electron chi connectivity index (χ0n) is 10.0. The van der Waals surface area contributed by atoms with E-state index >= 15 is 0 Å². The number of methoxy groups -OCH3 is 1. The van der Waals surface area contributed by atoms with Gasteiger partial charge >= 0.3 is 0 Å². The molecule has 0 radical (unpaired) electrons. The molecule has 0 amide bonds. The van der Waals surface area contributed by atoms with Gasteiger partial charge in [0.05, 0.1) is 7.11 Å². The van der Waals surface area contributed by atoms with Crippen LogP contribution in [0.25, 0.3) is 0 Å². The highest BCUT2D eigenvalue weighted by Crippen LogP contribution is 2.33. The van der Waals surface area contributed by atoms with Crippen molar-refractivity contribution in [1.29, 1.82) is 0 Å². The van der Waals surface area contributed by atoms with Crippen LogP contribution in [0.2, 0.25) is 5.02 Å². The molecule has 1 saturated heterocycles. The standard InChI is InChI=1S/C13H18ClNO2/c1-17-13-8-11(14)9(7-12(13)16)6-10-4-2-3-5-15-10/h7-8,10,15-16H,2-6H2,1H3. The van der Waals surface area contributed by atoms with E-state index in [2.05, 4.69) is 5.32 Å². The Balaban J connectivity index is 2.12. The molecule has 1 atom stereocenters. The monoisotopic (exact) mass is 255 g/mol. The van der Waals surface area contributed by atoms with Crippen LogP contribution in [0.3, 0.4) is 0 Å². The molecule has 1 aliphatic rings. The van der Waals surface area contributed by atoms with Crippen molar-refractivity contribution in [1.82, 2.24) is 5.32 Å². The number of nitrogens with one attached hydrogen (secondary N) is 1. The van der Waals surface area contributed by atoms with Gasteiger partial charge in [-0.3, -0.25) is 0 Å². The predicted octanol–water partition coefficient (Wildman–Crippen LogP) is 2.74. The van der Waals surface area contributed by atoms with Crippen molar-refractivity contribution in [2.75, 3.05) is 13.7 Å². The summed E-state index contributed by atoms with van der Waals surface area (Å²) >= 11 is 6.18. The molecule has 1 unspecified atom stereocenters. The van der Waals surface area contributed by atoms with Crippen LogP contribution >= 0.6 is 11.6 Å². The van der Waals surface area contributed by atoms with Gasteiger partial charge in [0.15, 0.2) is 11.5 Å². The maximum Gasteiger partial charge on any atom is 0.161 e. The van der Waals surface area contributed by atoms with E-state index in [1.807, 2.05) is 0 Å². The molecule has 2 N–H and O–H groups in total. The maximum absolute atomic E-state index is 9.74. The lowest BCUT2D eigenvalue weighted by molar-refractivity contribution is 0.371. The SMILES string of the molecule is COc1cc(Cl)c(CC2CCCCN2)cc1O. The summed E-state index contributed by atoms with van der Waals surface area (Å²) in [6.07, 6.45) is 4.54. The molecule has 0 bridgehead atoms. The lowest BCUT2D eigenvalue weighted by atomic mass is 9.97. The molecule has 3 nitrogen and oxygen atoms in total. The van der Waals surface area contributed by atoms with Crippen LogP contribution in [0, 0.1) is 0 Å². The number of hydrogen-bond donors (Lipinski definition) is 2. The van der Waals surface area contributed by atoms with Crippen molar-refractivity contribution in [3.8, 4) is 11.5 Å². The van der Waals surface area contributed by atoms with E-state index in [4.69, 9.17) is 16.3 Å². The van der Waals surface area contributed by atoms with Gasteiger partial charge in [-0.25, -0.2) is 0 Å². The first-order valence-corrected chi connectivity index (χ1v) is 6.37. The first-order chi connectivity index (χ1) is 8.20. The number of ether oxygens (including phenoxy) is 1. The molecule has 1 aromatic rings. The minimum atomic E-state index is 0.155. The van der Waals surface area contributed by atoms with Crippen LogP contribution in [0.1, 0.15) is 24.8 Å². The summed E-state index contributed by atoms with van der Waals surface area (Å²) in [6, 6.07) is 3.85. The van der Waals surface area contributed by atoms with Gasteiger partial charge in [0.25, 0.3) is 0 Å². The summed E-state index contributed by atoms with van der Waals surface area (Å²) < 4.78 is 5.02. The van der Waals surface area contributed by atoms with Crippen LogP contribution in [-0.4, -0.2) is 24.8 Å². The van der Waals surface area contributed by atoms with Crippen molar-refractivity contribution < 1.29 is 9.84 Å². The zero-order valence-corrected chi connectivity index (χ0v) is 10.8. The third-order valence-corrected chi connectivity index (χ3v) is 3.58. The van der Waals surface area contributed by atoms with Crippen LogP contribution in [0.4, 0.5) is 0 Å². The zero-order chi connectivity index (χ0) is 12.3. The van der Waals surface area contributed by atoms with Gasteiger partial charge in [-0.15, -0.1) is 0 Å². The van der Waals surface area contributed by atoms with Gasteiger partial charge < -0.3 is 15.2 Å². The van der Waals surface area contributed by atoms with Gasteiger partial charge in [0, 0.05) is 17.1 Å². The molecule has 17 heavy (non-hydrogen) atoms. The highest BCUT2D eigenvalue weighted by molar-refractivity contribution is 6.31. The first kappa shape index (κ1) is 12.5. The number of phenols is 1. The van der Waals surface area contributed by atoms with E-state index in [1.54, 1.807) is 12.1 Å². The Labute approximate surface area is 107 Å². The van der Waals surface area contributed by atoms with Gasteiger partial charge in [0.1, 0.15) is 0 Å². The molecule has 0 aromatic heterocycles. The van der Waals surface area contributed by atoms with Crippen molar-refractivity contribution in [3.63, 3.8) is 0 Å². The van der Waals surface area contributed by atoms with E-state index in [0.29, 0.717) is 16.8 Å². The summed E-state index contributed by atoms with van der Waals surface area (Å²) in [5.41, 5.74) is 0.976. The number of phenolic OH excluding ortho intramolecular Hbond substituents is 1. The molecule has 1 aliphatic heterocycles. The molecule has 94 valence electrons. The van der Waals surface area contributed by atoms with Crippen LogP contribution < -0.4 is 10.1 Å². The number of piperidine rings is 1. The number of hydrogen-bond acceptors (Lipinski definition) is 3. The summed E-state index contributed by atoms with van der Waals surface area (Å²) in [6.45, 7) is 1.07. The third kappa shape index (κ3) is 3.05. The Hall–Kier alpha value is -0.930. The van der Waals surface area contributed by atoms with Gasteiger partial charge in [-0.1, -0.05) is 18.0 Å². The molecule has 2 rings (SSSR count). The Kier molecular flexibility index (Phi) is 4.13. The molecule has 1 fully saturated rings. The Morgan fingerprint density at radius 2 is 2.29 bits per heavy atom. The van der Waals surface area contributed by atoms with Crippen LogP contribution in [-0.2, 0) is 6.42 Å². The summed E-state index contributed by atoms with van der Waals surface area (Å²) in [4.78, 5) is 0. The lowest BCUT2D eigenvalue weighted by Gasteiger charge is -2.24. The van der Waals surface area contributed by atoms with Gasteiger partial charge in [0.2, 0.25) is 0 Å². The lowest BCUT2D eigenvalue weighted by Crippen LogP contribution is -2.35. The first-order valence-electron chi connectivity index (χ1n) is 5.99. The van der Waals surface area contributed by atoms with E-state index in [0.717, 1.165) is 18.5 Å². The molecule has 1 heterocycles. The normalized spacial score (nSPS) is 20.2. The average molecular weight is 256 g/mol. The fourth-order valence-electron chi connectivity index (χ4n) is 2.27. The van der Waals surface area contributed by atoms with E-state index in [1.165, 1.54) is 26.4 Å². The second kappa shape index (κ2) is 5.61. The van der Waals surface area contributed by atoms with Crippen LogP contribution in [0.5, 0.6) is 11.5 Å². The van der Waals surface area contributed by atoms with E-state index in [9.17, 15) is 5.11 Å². The molecular formula is C13H18ClNO2. The summed E-state index contributed by atoms with van der Waals surface area (Å²) in [5.74, 6) is 0.582. The van der Waals surface area contributed by atoms with Crippen molar-refractivity contribution in [2.24, 2.45) is 0 Å². The Bertz CT molecular complexity index is 389. The maximum atomic E-state index is 9.74. The minimum absolute atomic E-state index is 0.155. The van der Waals surface area contributed by atoms with Crippen molar-refractivity contribution >= 4 is 11.6 Å². The van der Waals surface area contributed by atoms with Crippen molar-refractivity contribution in [2.45, 2.75) is 31.7 Å². The second-order valence-corrected chi connectivity index (χ2v) is 4.87. The molecule has 4 heteroatoms. The predicted molar refractivity (Wildman–Crippen MR) is 69.0 cm³/mol.